The number of esters is 1. The average molecular weight is 319 g/mol. The summed E-state index contributed by atoms with van der Waals surface area (Å²) in [7, 11) is 1.37. The van der Waals surface area contributed by atoms with E-state index in [1.807, 2.05) is 4.90 Å². The smallest absolute Gasteiger partial charge is 0.325 e. The van der Waals surface area contributed by atoms with Crippen LogP contribution < -0.4 is 0 Å². The van der Waals surface area contributed by atoms with E-state index in [9.17, 15) is 4.79 Å². The monoisotopic (exact) mass is 318 g/mol. The van der Waals surface area contributed by atoms with Crippen LogP contribution in [-0.4, -0.2) is 42.0 Å². The Morgan fingerprint density at radius 3 is 2.79 bits per heavy atom. The SMILES string of the molecule is COC(=O)CN1CCS/C1=N/c1c(Cl)cccc1Cl. The molecule has 0 unspecified atom stereocenters. The number of carbonyl (C=O) groups is 1. The Balaban J connectivity index is 2.24. The molecule has 1 aliphatic rings. The number of aliphatic imine (C=N–C) groups is 1. The molecular formula is C12H12Cl2N2O2S. The van der Waals surface area contributed by atoms with Crippen LogP contribution in [0.5, 0.6) is 0 Å². The minimum Gasteiger partial charge on any atom is -0.468 e. The Bertz CT molecular complexity index is 502. The lowest BCUT2D eigenvalue weighted by Gasteiger charge is -2.16. The van der Waals surface area contributed by atoms with Gasteiger partial charge in [-0.3, -0.25) is 4.79 Å². The molecule has 0 aliphatic carbocycles. The van der Waals surface area contributed by atoms with Crippen molar-refractivity contribution in [2.75, 3.05) is 26.0 Å². The number of ether oxygens (including phenoxy) is 1. The number of carbonyl (C=O) groups excluding carboxylic acids is 1. The zero-order valence-corrected chi connectivity index (χ0v) is 12.6. The molecule has 0 aromatic heterocycles. The maximum absolute atomic E-state index is 11.3. The second-order valence-electron chi connectivity index (χ2n) is 3.81. The molecule has 102 valence electrons. The van der Waals surface area contributed by atoms with Crippen LogP contribution in [0.1, 0.15) is 0 Å². The van der Waals surface area contributed by atoms with Crippen LogP contribution in [0, 0.1) is 0 Å². The summed E-state index contributed by atoms with van der Waals surface area (Å²) in [4.78, 5) is 17.6. The molecule has 1 heterocycles. The molecule has 0 N–H and O–H groups in total. The van der Waals surface area contributed by atoms with Crippen molar-refractivity contribution in [3.63, 3.8) is 0 Å². The van der Waals surface area contributed by atoms with Crippen LogP contribution >= 0.6 is 35.0 Å². The van der Waals surface area contributed by atoms with Gasteiger partial charge in [-0.15, -0.1) is 0 Å². The van der Waals surface area contributed by atoms with Crippen molar-refractivity contribution in [1.29, 1.82) is 0 Å². The topological polar surface area (TPSA) is 41.9 Å². The van der Waals surface area contributed by atoms with Crippen LogP contribution in [0.15, 0.2) is 23.2 Å². The number of halogens is 2. The van der Waals surface area contributed by atoms with Gasteiger partial charge in [-0.1, -0.05) is 41.0 Å². The maximum atomic E-state index is 11.3. The molecule has 1 aromatic carbocycles. The molecule has 2 rings (SSSR count). The summed E-state index contributed by atoms with van der Waals surface area (Å²) in [5, 5.41) is 1.72. The van der Waals surface area contributed by atoms with Gasteiger partial charge in [0.2, 0.25) is 0 Å². The predicted molar refractivity (Wildman–Crippen MR) is 79.6 cm³/mol. The number of hydrogen-bond donors (Lipinski definition) is 0. The van der Waals surface area contributed by atoms with Crippen LogP contribution in [0.4, 0.5) is 5.69 Å². The molecule has 1 aliphatic heterocycles. The maximum Gasteiger partial charge on any atom is 0.325 e. The molecule has 19 heavy (non-hydrogen) atoms. The van der Waals surface area contributed by atoms with E-state index in [0.29, 0.717) is 15.7 Å². The summed E-state index contributed by atoms with van der Waals surface area (Å²) in [6.07, 6.45) is 0. The highest BCUT2D eigenvalue weighted by Gasteiger charge is 2.22. The fourth-order valence-corrected chi connectivity index (χ4v) is 3.07. The second-order valence-corrected chi connectivity index (χ2v) is 5.69. The van der Waals surface area contributed by atoms with Gasteiger partial charge >= 0.3 is 5.97 Å². The van der Waals surface area contributed by atoms with Gasteiger partial charge < -0.3 is 9.64 Å². The molecule has 1 saturated heterocycles. The fourth-order valence-electron chi connectivity index (χ4n) is 1.60. The van der Waals surface area contributed by atoms with Gasteiger partial charge in [-0.25, -0.2) is 4.99 Å². The van der Waals surface area contributed by atoms with Crippen LogP contribution in [0.25, 0.3) is 0 Å². The molecule has 1 fully saturated rings. The molecule has 0 amide bonds. The van der Waals surface area contributed by atoms with E-state index in [4.69, 9.17) is 23.2 Å². The first-order valence-corrected chi connectivity index (χ1v) is 7.33. The van der Waals surface area contributed by atoms with E-state index in [-0.39, 0.29) is 12.5 Å². The van der Waals surface area contributed by atoms with Crippen LogP contribution in [0.3, 0.4) is 0 Å². The third-order valence-electron chi connectivity index (χ3n) is 2.56. The number of hydrogen-bond acceptors (Lipinski definition) is 4. The third kappa shape index (κ3) is 3.55. The largest absolute Gasteiger partial charge is 0.468 e. The zero-order chi connectivity index (χ0) is 13.8. The van der Waals surface area contributed by atoms with Crippen LogP contribution in [0.2, 0.25) is 10.0 Å². The van der Waals surface area contributed by atoms with E-state index in [1.165, 1.54) is 7.11 Å². The molecular weight excluding hydrogens is 307 g/mol. The Morgan fingerprint density at radius 1 is 1.47 bits per heavy atom. The highest BCUT2D eigenvalue weighted by atomic mass is 35.5. The number of amidine groups is 1. The van der Waals surface area contributed by atoms with Gasteiger partial charge in [0, 0.05) is 12.3 Å². The Kier molecular flexibility index (Phi) is 4.96. The molecule has 1 aromatic rings. The van der Waals surface area contributed by atoms with Crippen molar-refractivity contribution in [3.8, 4) is 0 Å². The lowest BCUT2D eigenvalue weighted by molar-refractivity contribution is -0.140. The van der Waals surface area contributed by atoms with Gasteiger partial charge in [-0.2, -0.15) is 0 Å². The van der Waals surface area contributed by atoms with E-state index in [2.05, 4.69) is 9.73 Å². The molecule has 0 atom stereocenters. The zero-order valence-electron chi connectivity index (χ0n) is 10.2. The third-order valence-corrected chi connectivity index (χ3v) is 4.16. The molecule has 0 bridgehead atoms. The number of nitrogens with zero attached hydrogens (tertiary/aromatic N) is 2. The lowest BCUT2D eigenvalue weighted by Crippen LogP contribution is -2.31. The van der Waals surface area contributed by atoms with E-state index in [1.54, 1.807) is 30.0 Å². The minimum atomic E-state index is -0.291. The van der Waals surface area contributed by atoms with Gasteiger partial charge in [0.05, 0.1) is 17.2 Å². The van der Waals surface area contributed by atoms with E-state index < -0.39 is 0 Å². The Hall–Kier alpha value is -0.910. The first-order chi connectivity index (χ1) is 9.11. The summed E-state index contributed by atoms with van der Waals surface area (Å²) >= 11 is 13.7. The van der Waals surface area contributed by atoms with E-state index >= 15 is 0 Å². The van der Waals surface area contributed by atoms with Crippen molar-refractivity contribution in [1.82, 2.24) is 4.90 Å². The Morgan fingerprint density at radius 2 is 2.16 bits per heavy atom. The predicted octanol–water partition coefficient (Wildman–Crippen LogP) is 3.20. The summed E-state index contributed by atoms with van der Waals surface area (Å²) in [5.74, 6) is 0.582. The van der Waals surface area contributed by atoms with Crippen LogP contribution in [-0.2, 0) is 9.53 Å². The number of benzene rings is 1. The molecule has 0 saturated carbocycles. The van der Waals surface area contributed by atoms with Gasteiger partial charge in [0.25, 0.3) is 0 Å². The van der Waals surface area contributed by atoms with Crippen molar-refractivity contribution in [2.45, 2.75) is 0 Å². The molecule has 0 spiro atoms. The number of thioether (sulfide) groups is 1. The standard InChI is InChI=1S/C12H12Cl2N2O2S/c1-18-10(17)7-16-5-6-19-12(16)15-11-8(13)3-2-4-9(11)14/h2-4H,5-7H2,1H3/b15-12+. The minimum absolute atomic E-state index is 0.185. The summed E-state index contributed by atoms with van der Waals surface area (Å²) < 4.78 is 4.66. The number of rotatable bonds is 3. The molecule has 0 radical (unpaired) electrons. The van der Waals surface area contributed by atoms with Crippen molar-refractivity contribution >= 4 is 51.8 Å². The van der Waals surface area contributed by atoms with Gasteiger partial charge in [-0.05, 0) is 12.1 Å². The van der Waals surface area contributed by atoms with Crippen molar-refractivity contribution < 1.29 is 9.53 Å². The summed E-state index contributed by atoms with van der Waals surface area (Å²) in [6.45, 7) is 0.936. The summed E-state index contributed by atoms with van der Waals surface area (Å²) in [6, 6.07) is 5.23. The fraction of sp³-hybridized carbons (Fsp3) is 0.333. The number of methoxy groups -OCH3 is 1. The van der Waals surface area contributed by atoms with E-state index in [0.717, 1.165) is 17.5 Å². The normalized spacial score (nSPS) is 17.0. The van der Waals surface area contributed by atoms with Crippen molar-refractivity contribution in [2.24, 2.45) is 4.99 Å². The molecule has 7 heteroatoms. The molecule has 4 nitrogen and oxygen atoms in total. The highest BCUT2D eigenvalue weighted by molar-refractivity contribution is 8.14. The average Bonchev–Trinajstić information content (AvgIpc) is 2.81. The first-order valence-electron chi connectivity index (χ1n) is 5.59. The lowest BCUT2D eigenvalue weighted by atomic mass is 10.3. The Labute approximate surface area is 125 Å². The first kappa shape index (κ1) is 14.5. The highest BCUT2D eigenvalue weighted by Crippen LogP contribution is 2.34. The van der Waals surface area contributed by atoms with Crippen molar-refractivity contribution in [3.05, 3.63) is 28.2 Å². The van der Waals surface area contributed by atoms with Gasteiger partial charge in [0.1, 0.15) is 12.2 Å². The quantitative estimate of drug-likeness (QED) is 0.803. The second kappa shape index (κ2) is 6.50. The summed E-state index contributed by atoms with van der Waals surface area (Å²) in [5.41, 5.74) is 0.532. The number of para-hydroxylation sites is 1. The van der Waals surface area contributed by atoms with Gasteiger partial charge in [0.15, 0.2) is 5.17 Å².